The molecule has 0 saturated heterocycles. The van der Waals surface area contributed by atoms with Gasteiger partial charge in [-0.1, -0.05) is 32.0 Å². The molecule has 0 aromatic heterocycles. The Hall–Kier alpha value is -2.91. The van der Waals surface area contributed by atoms with Crippen LogP contribution in [-0.2, 0) is 14.8 Å². The van der Waals surface area contributed by atoms with Crippen molar-refractivity contribution >= 4 is 21.8 Å². The van der Waals surface area contributed by atoms with Crippen molar-refractivity contribution in [1.82, 2.24) is 15.6 Å². The van der Waals surface area contributed by atoms with E-state index in [2.05, 4.69) is 15.6 Å². The lowest BCUT2D eigenvalue weighted by molar-refractivity contribution is -0.124. The highest BCUT2D eigenvalue weighted by molar-refractivity contribution is 7.89. The second-order valence-corrected chi connectivity index (χ2v) is 8.04. The maximum absolute atomic E-state index is 12.6. The third-order valence-corrected chi connectivity index (χ3v) is 5.39. The molecule has 0 fully saturated rings. The first kappa shape index (κ1) is 21.4. The molecule has 28 heavy (non-hydrogen) atoms. The van der Waals surface area contributed by atoms with Gasteiger partial charge in [-0.05, 0) is 42.3 Å². The number of ether oxygens (including phenoxy) is 1. The molecule has 2 rings (SSSR count). The summed E-state index contributed by atoms with van der Waals surface area (Å²) in [6.07, 6.45) is 0. The van der Waals surface area contributed by atoms with Crippen LogP contribution in [0.4, 0.5) is 0 Å². The average Bonchev–Trinajstić information content (AvgIpc) is 2.70. The molecule has 0 bridgehead atoms. The van der Waals surface area contributed by atoms with Crippen LogP contribution in [0.3, 0.4) is 0 Å². The second-order valence-electron chi connectivity index (χ2n) is 6.33. The Kier molecular flexibility index (Phi) is 7.13. The Bertz CT molecular complexity index is 912. The number of hydrogen-bond acceptors (Lipinski definition) is 5. The average molecular weight is 405 g/mol. The van der Waals surface area contributed by atoms with Crippen LogP contribution in [0.25, 0.3) is 0 Å². The van der Waals surface area contributed by atoms with Gasteiger partial charge in [-0.25, -0.2) is 8.42 Å². The number of sulfonamides is 1. The first-order chi connectivity index (χ1) is 13.2. The molecule has 8 nitrogen and oxygen atoms in total. The molecular formula is C19H23N3O5S. The highest BCUT2D eigenvalue weighted by Crippen LogP contribution is 2.16. The number of hydrogen-bond donors (Lipinski definition) is 3. The molecule has 0 heterocycles. The van der Waals surface area contributed by atoms with Crippen LogP contribution in [0, 0.1) is 5.92 Å². The predicted octanol–water partition coefficient (Wildman–Crippen LogP) is 1.46. The van der Waals surface area contributed by atoms with Crippen LogP contribution >= 0.6 is 0 Å². The number of benzene rings is 2. The Morgan fingerprint density at radius 1 is 0.929 bits per heavy atom. The fourth-order valence-electron chi connectivity index (χ4n) is 2.34. The SMILES string of the molecule is COc1ccc(S(=O)(=O)NC(C(=O)NNC(=O)c2ccccc2)C(C)C)cc1. The fourth-order valence-corrected chi connectivity index (χ4v) is 3.68. The van der Waals surface area contributed by atoms with Crippen molar-refractivity contribution in [1.29, 1.82) is 0 Å². The van der Waals surface area contributed by atoms with Crippen LogP contribution in [0.5, 0.6) is 5.75 Å². The maximum Gasteiger partial charge on any atom is 0.269 e. The van der Waals surface area contributed by atoms with Gasteiger partial charge in [-0.15, -0.1) is 0 Å². The lowest BCUT2D eigenvalue weighted by atomic mass is 10.1. The third kappa shape index (κ3) is 5.54. The van der Waals surface area contributed by atoms with E-state index in [4.69, 9.17) is 4.74 Å². The zero-order valence-corrected chi connectivity index (χ0v) is 16.6. The van der Waals surface area contributed by atoms with Crippen molar-refractivity contribution in [2.45, 2.75) is 24.8 Å². The van der Waals surface area contributed by atoms with Crippen molar-refractivity contribution in [2.75, 3.05) is 7.11 Å². The molecule has 2 amide bonds. The minimum absolute atomic E-state index is 0.0000659. The van der Waals surface area contributed by atoms with Crippen molar-refractivity contribution in [2.24, 2.45) is 5.92 Å². The number of hydrazine groups is 1. The Balaban J connectivity index is 2.06. The van der Waals surface area contributed by atoms with Gasteiger partial charge >= 0.3 is 0 Å². The van der Waals surface area contributed by atoms with Gasteiger partial charge < -0.3 is 4.74 Å². The zero-order chi connectivity index (χ0) is 20.7. The van der Waals surface area contributed by atoms with Gasteiger partial charge in [0.05, 0.1) is 12.0 Å². The molecule has 2 aromatic rings. The van der Waals surface area contributed by atoms with E-state index in [1.807, 2.05) is 0 Å². The summed E-state index contributed by atoms with van der Waals surface area (Å²) >= 11 is 0. The molecule has 9 heteroatoms. The molecule has 1 atom stereocenters. The molecular weight excluding hydrogens is 382 g/mol. The molecule has 0 radical (unpaired) electrons. The monoisotopic (exact) mass is 405 g/mol. The lowest BCUT2D eigenvalue weighted by Gasteiger charge is -2.21. The number of amides is 2. The summed E-state index contributed by atoms with van der Waals surface area (Å²) < 4.78 is 32.6. The summed E-state index contributed by atoms with van der Waals surface area (Å²) in [4.78, 5) is 24.5. The van der Waals surface area contributed by atoms with Gasteiger partial charge in [0.2, 0.25) is 10.0 Å². The van der Waals surface area contributed by atoms with Gasteiger partial charge in [-0.3, -0.25) is 20.4 Å². The van der Waals surface area contributed by atoms with Crippen LogP contribution < -0.4 is 20.3 Å². The van der Waals surface area contributed by atoms with Gasteiger partial charge in [-0.2, -0.15) is 4.72 Å². The number of nitrogens with one attached hydrogen (secondary N) is 3. The molecule has 0 aliphatic heterocycles. The number of carbonyl (C=O) groups excluding carboxylic acids is 2. The van der Waals surface area contributed by atoms with Gasteiger partial charge in [0.25, 0.3) is 11.8 Å². The zero-order valence-electron chi connectivity index (χ0n) is 15.8. The topological polar surface area (TPSA) is 114 Å². The summed E-state index contributed by atoms with van der Waals surface area (Å²) in [7, 11) is -2.47. The van der Waals surface area contributed by atoms with Crippen LogP contribution in [0.1, 0.15) is 24.2 Å². The van der Waals surface area contributed by atoms with Gasteiger partial charge in [0.15, 0.2) is 0 Å². The summed E-state index contributed by atoms with van der Waals surface area (Å²) in [5, 5.41) is 0. The first-order valence-electron chi connectivity index (χ1n) is 8.56. The maximum atomic E-state index is 12.6. The number of methoxy groups -OCH3 is 1. The van der Waals surface area contributed by atoms with Gasteiger partial charge in [0.1, 0.15) is 11.8 Å². The fraction of sp³-hybridized carbons (Fsp3) is 0.263. The number of carbonyl (C=O) groups is 2. The first-order valence-corrected chi connectivity index (χ1v) is 10.0. The molecule has 0 saturated carbocycles. The molecule has 1 unspecified atom stereocenters. The highest BCUT2D eigenvalue weighted by Gasteiger charge is 2.28. The molecule has 2 aromatic carbocycles. The minimum atomic E-state index is -3.94. The minimum Gasteiger partial charge on any atom is -0.497 e. The van der Waals surface area contributed by atoms with E-state index in [-0.39, 0.29) is 10.8 Å². The molecule has 0 aliphatic rings. The second kappa shape index (κ2) is 9.34. The molecule has 150 valence electrons. The Labute approximate surface area is 164 Å². The lowest BCUT2D eigenvalue weighted by Crippen LogP contribution is -2.54. The van der Waals surface area contributed by atoms with E-state index in [0.717, 1.165) is 0 Å². The summed E-state index contributed by atoms with van der Waals surface area (Å²) in [6, 6.07) is 13.0. The van der Waals surface area contributed by atoms with E-state index in [1.54, 1.807) is 44.2 Å². The van der Waals surface area contributed by atoms with Crippen LogP contribution in [-0.4, -0.2) is 33.4 Å². The third-order valence-electron chi connectivity index (χ3n) is 3.94. The number of rotatable bonds is 7. The van der Waals surface area contributed by atoms with E-state index in [0.29, 0.717) is 11.3 Å². The van der Waals surface area contributed by atoms with E-state index in [9.17, 15) is 18.0 Å². The predicted molar refractivity (Wildman–Crippen MR) is 104 cm³/mol. The van der Waals surface area contributed by atoms with Crippen molar-refractivity contribution in [3.63, 3.8) is 0 Å². The van der Waals surface area contributed by atoms with Crippen molar-refractivity contribution in [3.05, 3.63) is 60.2 Å². The Morgan fingerprint density at radius 2 is 1.54 bits per heavy atom. The van der Waals surface area contributed by atoms with E-state index < -0.39 is 27.9 Å². The molecule has 3 N–H and O–H groups in total. The highest BCUT2D eigenvalue weighted by atomic mass is 32.2. The Morgan fingerprint density at radius 3 is 2.07 bits per heavy atom. The quantitative estimate of drug-likeness (QED) is 0.604. The van der Waals surface area contributed by atoms with Crippen molar-refractivity contribution < 1.29 is 22.7 Å². The summed E-state index contributed by atoms with van der Waals surface area (Å²) in [5.74, 6) is -1.02. The van der Waals surface area contributed by atoms with Crippen LogP contribution in [0.2, 0.25) is 0 Å². The van der Waals surface area contributed by atoms with Crippen molar-refractivity contribution in [3.8, 4) is 5.75 Å². The smallest absolute Gasteiger partial charge is 0.269 e. The molecule has 0 aliphatic carbocycles. The summed E-state index contributed by atoms with van der Waals surface area (Å²) in [6.45, 7) is 3.39. The van der Waals surface area contributed by atoms with Crippen LogP contribution in [0.15, 0.2) is 59.5 Å². The van der Waals surface area contributed by atoms with Gasteiger partial charge in [0, 0.05) is 5.56 Å². The standard InChI is InChI=1S/C19H23N3O5S/c1-13(2)17(19(24)21-20-18(23)14-7-5-4-6-8-14)22-28(25,26)16-11-9-15(27-3)10-12-16/h4-13,17,22H,1-3H3,(H,20,23)(H,21,24). The van der Waals surface area contributed by atoms with E-state index in [1.165, 1.54) is 31.4 Å². The largest absolute Gasteiger partial charge is 0.497 e. The molecule has 0 spiro atoms. The summed E-state index contributed by atoms with van der Waals surface area (Å²) in [5.41, 5.74) is 4.92. The normalized spacial score (nSPS) is 12.3. The van der Waals surface area contributed by atoms with E-state index >= 15 is 0 Å².